The predicted molar refractivity (Wildman–Crippen MR) is 150 cm³/mol. The Morgan fingerprint density at radius 3 is 2.19 bits per heavy atom. The van der Waals surface area contributed by atoms with Gasteiger partial charge < -0.3 is 19.6 Å². The number of ether oxygens (including phenoxy) is 1. The molecule has 36 heavy (non-hydrogen) atoms. The van der Waals surface area contributed by atoms with Gasteiger partial charge in [0.05, 0.1) is 18.0 Å². The fraction of sp³-hybridized carbons (Fsp3) is 0.480. The number of nitrogens with one attached hydrogen (secondary N) is 2. The van der Waals surface area contributed by atoms with Crippen molar-refractivity contribution in [3.05, 3.63) is 51.5 Å². The molecule has 0 aliphatic carbocycles. The summed E-state index contributed by atoms with van der Waals surface area (Å²) in [5, 5.41) is 13.1. The highest BCUT2D eigenvalue weighted by Gasteiger charge is 2.33. The first kappa shape index (κ1) is 30.1. The molecule has 0 saturated heterocycles. The average Bonchev–Trinajstić information content (AvgIpc) is 2.79. The second-order valence-electron chi connectivity index (χ2n) is 8.96. The van der Waals surface area contributed by atoms with Crippen LogP contribution in [0.2, 0.25) is 18.1 Å². The van der Waals surface area contributed by atoms with Gasteiger partial charge in [-0.2, -0.15) is 0 Å². The zero-order valence-corrected chi connectivity index (χ0v) is 25.2. The van der Waals surface area contributed by atoms with E-state index in [1.807, 2.05) is 26.0 Å². The van der Waals surface area contributed by atoms with Gasteiger partial charge in [-0.05, 0) is 72.9 Å². The lowest BCUT2D eigenvalue weighted by molar-refractivity contribution is -0.123. The quantitative estimate of drug-likeness (QED) is 0.209. The summed E-state index contributed by atoms with van der Waals surface area (Å²) < 4.78 is 39.3. The molecule has 2 aromatic carbocycles. The molecule has 0 aromatic heterocycles. The van der Waals surface area contributed by atoms with Crippen LogP contribution in [0.4, 0.5) is 5.69 Å². The molecule has 1 atom stereocenters. The molecule has 0 saturated carbocycles. The first-order chi connectivity index (χ1) is 16.8. The summed E-state index contributed by atoms with van der Waals surface area (Å²) in [6.45, 7) is 10.2. The van der Waals surface area contributed by atoms with Crippen molar-refractivity contribution in [3.63, 3.8) is 0 Å². The number of amides is 1. The molecule has 0 spiro atoms. The van der Waals surface area contributed by atoms with Crippen LogP contribution in [-0.2, 0) is 19.2 Å². The van der Waals surface area contributed by atoms with E-state index in [0.717, 1.165) is 40.0 Å². The fourth-order valence-electron chi connectivity index (χ4n) is 4.09. The Labute approximate surface area is 224 Å². The summed E-state index contributed by atoms with van der Waals surface area (Å²) >= 11 is 3.46. The number of aryl methyl sites for hydroxylation is 2. The number of anilines is 1. The Morgan fingerprint density at radius 2 is 1.67 bits per heavy atom. The Hall–Kier alpha value is -2.08. The monoisotopic (exact) mass is 600 g/mol. The van der Waals surface area contributed by atoms with E-state index >= 15 is 0 Å². The molecule has 0 aliphatic rings. The number of phenols is 1. The molecular formula is C25H37BrN2O6SSi. The van der Waals surface area contributed by atoms with Gasteiger partial charge in [0, 0.05) is 11.0 Å². The predicted octanol–water partition coefficient (Wildman–Crippen LogP) is 5.40. The maximum Gasteiger partial charge on any atom is 0.258 e. The minimum absolute atomic E-state index is 0.0659. The standard InChI is InChI=1S/C25H37BrN2O6SSi/c1-7-36(8-2,9-3)34-23(19-10-11-22(29)21(14-19)28-35(6,31)32)15-27-24(30)16-33-25-17(4)12-20(26)13-18(25)5/h10-14,23,28-29H,7-9,15-16H2,1-6H3,(H,27,30)/t23-/m0/s1. The van der Waals surface area contributed by atoms with Crippen LogP contribution in [-0.4, -0.2) is 47.2 Å². The number of aromatic hydroxyl groups is 1. The van der Waals surface area contributed by atoms with Crippen molar-refractivity contribution in [2.45, 2.75) is 58.9 Å². The molecular weight excluding hydrogens is 564 g/mol. The van der Waals surface area contributed by atoms with Gasteiger partial charge in [-0.1, -0.05) is 42.8 Å². The van der Waals surface area contributed by atoms with E-state index < -0.39 is 24.4 Å². The molecule has 3 N–H and O–H groups in total. The van der Waals surface area contributed by atoms with Crippen LogP contribution >= 0.6 is 15.9 Å². The number of hydrogen-bond donors (Lipinski definition) is 3. The van der Waals surface area contributed by atoms with Crippen molar-refractivity contribution in [2.75, 3.05) is 24.1 Å². The first-order valence-corrected chi connectivity index (χ1v) is 17.2. The van der Waals surface area contributed by atoms with E-state index in [-0.39, 0.29) is 30.5 Å². The molecule has 11 heteroatoms. The Kier molecular flexibility index (Phi) is 10.8. The van der Waals surface area contributed by atoms with Crippen molar-refractivity contribution in [1.29, 1.82) is 0 Å². The summed E-state index contributed by atoms with van der Waals surface area (Å²) in [6, 6.07) is 11.2. The van der Waals surface area contributed by atoms with Crippen molar-refractivity contribution in [3.8, 4) is 11.5 Å². The lowest BCUT2D eigenvalue weighted by atomic mass is 10.1. The number of sulfonamides is 1. The summed E-state index contributed by atoms with van der Waals surface area (Å²) in [6.07, 6.45) is 0.503. The first-order valence-electron chi connectivity index (χ1n) is 12.0. The summed E-state index contributed by atoms with van der Waals surface area (Å²) in [5.74, 6) is 0.187. The van der Waals surface area contributed by atoms with Crippen LogP contribution in [0, 0.1) is 13.8 Å². The van der Waals surface area contributed by atoms with Crippen LogP contribution in [0.15, 0.2) is 34.8 Å². The Balaban J connectivity index is 2.24. The van der Waals surface area contributed by atoms with E-state index in [1.54, 1.807) is 12.1 Å². The van der Waals surface area contributed by atoms with E-state index in [2.05, 4.69) is 46.7 Å². The van der Waals surface area contributed by atoms with E-state index in [1.165, 1.54) is 6.07 Å². The zero-order chi connectivity index (χ0) is 27.1. The highest BCUT2D eigenvalue weighted by atomic mass is 79.9. The van der Waals surface area contributed by atoms with Crippen LogP contribution < -0.4 is 14.8 Å². The maximum atomic E-state index is 12.7. The number of halogens is 1. The minimum atomic E-state index is -3.59. The second kappa shape index (κ2) is 12.9. The van der Waals surface area contributed by atoms with Gasteiger partial charge in [-0.15, -0.1) is 0 Å². The van der Waals surface area contributed by atoms with Gasteiger partial charge in [0.25, 0.3) is 5.91 Å². The summed E-state index contributed by atoms with van der Waals surface area (Å²) in [7, 11) is -5.68. The van der Waals surface area contributed by atoms with Gasteiger partial charge in [0.2, 0.25) is 10.0 Å². The van der Waals surface area contributed by atoms with Crippen LogP contribution in [0.25, 0.3) is 0 Å². The Bertz CT molecular complexity index is 1140. The number of carbonyl (C=O) groups is 1. The average molecular weight is 602 g/mol. The van der Waals surface area contributed by atoms with E-state index in [0.29, 0.717) is 11.3 Å². The number of phenolic OH excluding ortho intramolecular Hbond substituents is 1. The molecule has 0 bridgehead atoms. The van der Waals surface area contributed by atoms with E-state index in [4.69, 9.17) is 9.16 Å². The molecule has 8 nitrogen and oxygen atoms in total. The molecule has 0 heterocycles. The number of rotatable bonds is 13. The molecule has 0 fully saturated rings. The van der Waals surface area contributed by atoms with Gasteiger partial charge >= 0.3 is 0 Å². The molecule has 0 radical (unpaired) electrons. The second-order valence-corrected chi connectivity index (χ2v) is 16.3. The SMILES string of the molecule is CC[Si](CC)(CC)O[C@@H](CNC(=O)COc1c(C)cc(Br)cc1C)c1ccc(O)c(NS(C)(=O)=O)c1. The van der Waals surface area contributed by atoms with Crippen LogP contribution in [0.3, 0.4) is 0 Å². The highest BCUT2D eigenvalue weighted by molar-refractivity contribution is 9.10. The Morgan fingerprint density at radius 1 is 1.08 bits per heavy atom. The van der Waals surface area contributed by atoms with Crippen LogP contribution in [0.5, 0.6) is 11.5 Å². The van der Waals surface area contributed by atoms with Gasteiger partial charge in [0.1, 0.15) is 11.5 Å². The van der Waals surface area contributed by atoms with Gasteiger partial charge in [0.15, 0.2) is 14.9 Å². The molecule has 0 unspecified atom stereocenters. The van der Waals surface area contributed by atoms with Crippen molar-refractivity contribution in [2.24, 2.45) is 0 Å². The lowest BCUT2D eigenvalue weighted by Crippen LogP contribution is -2.41. The van der Waals surface area contributed by atoms with Crippen molar-refractivity contribution < 1.29 is 27.5 Å². The van der Waals surface area contributed by atoms with E-state index in [9.17, 15) is 18.3 Å². The number of hydrogen-bond acceptors (Lipinski definition) is 6. The molecule has 2 aromatic rings. The molecule has 0 aliphatic heterocycles. The largest absolute Gasteiger partial charge is 0.506 e. The summed E-state index contributed by atoms with van der Waals surface area (Å²) in [4.78, 5) is 12.7. The molecule has 2 rings (SSSR count). The van der Waals surface area contributed by atoms with Gasteiger partial charge in [-0.3, -0.25) is 9.52 Å². The maximum absolute atomic E-state index is 12.7. The molecule has 200 valence electrons. The number of carbonyl (C=O) groups excluding carboxylic acids is 1. The normalized spacial score (nSPS) is 12.8. The van der Waals surface area contributed by atoms with Gasteiger partial charge in [-0.25, -0.2) is 8.42 Å². The lowest BCUT2D eigenvalue weighted by Gasteiger charge is -2.34. The van der Waals surface area contributed by atoms with Crippen molar-refractivity contribution >= 4 is 45.9 Å². The van der Waals surface area contributed by atoms with Crippen LogP contribution in [0.1, 0.15) is 43.6 Å². The third kappa shape index (κ3) is 8.50. The minimum Gasteiger partial charge on any atom is -0.506 e. The smallest absolute Gasteiger partial charge is 0.258 e. The zero-order valence-electron chi connectivity index (χ0n) is 21.8. The fourth-order valence-corrected chi connectivity index (χ4v) is 8.16. The summed E-state index contributed by atoms with van der Waals surface area (Å²) in [5.41, 5.74) is 2.58. The third-order valence-corrected chi connectivity index (χ3v) is 12.0. The third-order valence-electron chi connectivity index (χ3n) is 6.27. The topological polar surface area (TPSA) is 114 Å². The van der Waals surface area contributed by atoms with Crippen molar-refractivity contribution in [1.82, 2.24) is 5.32 Å². The highest BCUT2D eigenvalue weighted by Crippen LogP contribution is 2.33. The number of benzene rings is 2. The molecule has 1 amide bonds.